The van der Waals surface area contributed by atoms with Crippen LogP contribution in [0.15, 0.2) is 0 Å². The number of urea groups is 1. The molecule has 0 aliphatic carbocycles. The molecule has 0 saturated carbocycles. The van der Waals surface area contributed by atoms with Crippen molar-refractivity contribution in [3.63, 3.8) is 0 Å². The Morgan fingerprint density at radius 1 is 1.35 bits per heavy atom. The van der Waals surface area contributed by atoms with E-state index in [9.17, 15) is 9.59 Å². The van der Waals surface area contributed by atoms with E-state index in [0.29, 0.717) is 25.4 Å². The summed E-state index contributed by atoms with van der Waals surface area (Å²) in [4.78, 5) is 24.9. The van der Waals surface area contributed by atoms with Crippen molar-refractivity contribution in [2.75, 3.05) is 19.6 Å². The fourth-order valence-electron chi connectivity index (χ4n) is 3.20. The summed E-state index contributed by atoms with van der Waals surface area (Å²) in [5.74, 6) is -1.12. The van der Waals surface area contributed by atoms with E-state index in [0.717, 1.165) is 19.5 Å². The lowest BCUT2D eigenvalue weighted by Gasteiger charge is -2.21. The molecule has 0 spiro atoms. The zero-order valence-electron chi connectivity index (χ0n) is 12.1. The van der Waals surface area contributed by atoms with Gasteiger partial charge in [0.25, 0.3) is 0 Å². The number of hydrogen-bond acceptors (Lipinski definition) is 3. The lowest BCUT2D eigenvalue weighted by Crippen LogP contribution is -2.47. The van der Waals surface area contributed by atoms with Crippen molar-refractivity contribution >= 4 is 12.0 Å². The largest absolute Gasteiger partial charge is 0.481 e. The van der Waals surface area contributed by atoms with Crippen LogP contribution in [-0.2, 0) is 4.79 Å². The average molecular weight is 283 g/mol. The summed E-state index contributed by atoms with van der Waals surface area (Å²) in [6, 6.07) is 0.676. The second kappa shape index (κ2) is 6.92. The van der Waals surface area contributed by atoms with E-state index >= 15 is 0 Å². The maximum Gasteiger partial charge on any atom is 0.315 e. The fourth-order valence-corrected chi connectivity index (χ4v) is 3.20. The predicted octanol–water partition coefficient (Wildman–Crippen LogP) is 1.02. The summed E-state index contributed by atoms with van der Waals surface area (Å²) in [7, 11) is 0. The molecule has 2 saturated heterocycles. The second-order valence-corrected chi connectivity index (χ2v) is 5.92. The Labute approximate surface area is 119 Å². The topological polar surface area (TPSA) is 81.7 Å². The monoisotopic (exact) mass is 283 g/mol. The highest BCUT2D eigenvalue weighted by Gasteiger charge is 2.37. The Morgan fingerprint density at radius 2 is 2.15 bits per heavy atom. The lowest BCUT2D eigenvalue weighted by atomic mass is 10.1. The molecular weight excluding hydrogens is 258 g/mol. The average Bonchev–Trinajstić information content (AvgIpc) is 2.99. The van der Waals surface area contributed by atoms with Gasteiger partial charge in [-0.3, -0.25) is 9.69 Å². The van der Waals surface area contributed by atoms with Crippen molar-refractivity contribution in [1.29, 1.82) is 0 Å². The van der Waals surface area contributed by atoms with Crippen molar-refractivity contribution in [3.05, 3.63) is 0 Å². The molecule has 114 valence electrons. The molecule has 3 unspecified atom stereocenters. The smallest absolute Gasteiger partial charge is 0.315 e. The summed E-state index contributed by atoms with van der Waals surface area (Å²) in [5.41, 5.74) is 0. The molecule has 2 rings (SSSR count). The molecule has 6 heteroatoms. The molecule has 2 aliphatic heterocycles. The molecule has 0 radical (unpaired) electrons. The molecule has 2 fully saturated rings. The van der Waals surface area contributed by atoms with E-state index in [-0.39, 0.29) is 18.0 Å². The number of rotatable bonds is 6. The zero-order valence-corrected chi connectivity index (χ0v) is 12.1. The van der Waals surface area contributed by atoms with Crippen molar-refractivity contribution in [3.8, 4) is 0 Å². The number of carboxylic acid groups (broad SMARTS) is 1. The zero-order chi connectivity index (χ0) is 14.5. The Balaban J connectivity index is 1.60. The summed E-state index contributed by atoms with van der Waals surface area (Å²) >= 11 is 0. The van der Waals surface area contributed by atoms with Crippen LogP contribution in [0.1, 0.15) is 39.0 Å². The Morgan fingerprint density at radius 3 is 2.90 bits per heavy atom. The molecule has 2 heterocycles. The van der Waals surface area contributed by atoms with Gasteiger partial charge in [-0.05, 0) is 38.6 Å². The minimum atomic E-state index is -0.776. The van der Waals surface area contributed by atoms with Gasteiger partial charge in [0.2, 0.25) is 0 Å². The maximum atomic E-state index is 11.8. The molecule has 0 aromatic rings. The van der Waals surface area contributed by atoms with Crippen LogP contribution in [0.2, 0.25) is 0 Å². The van der Waals surface area contributed by atoms with E-state index < -0.39 is 5.97 Å². The van der Waals surface area contributed by atoms with E-state index in [1.54, 1.807) is 6.92 Å². The first-order valence-electron chi connectivity index (χ1n) is 7.59. The number of carbonyl (C=O) groups excluding carboxylic acids is 1. The number of amides is 2. The van der Waals surface area contributed by atoms with Crippen molar-refractivity contribution < 1.29 is 14.7 Å². The first kappa shape index (κ1) is 15.1. The Kier molecular flexibility index (Phi) is 5.23. The van der Waals surface area contributed by atoms with Crippen LogP contribution in [0, 0.1) is 5.92 Å². The van der Waals surface area contributed by atoms with E-state index in [1.165, 1.54) is 12.8 Å². The quantitative estimate of drug-likeness (QED) is 0.636. The molecule has 2 aliphatic rings. The van der Waals surface area contributed by atoms with Gasteiger partial charge in [-0.25, -0.2) is 4.79 Å². The lowest BCUT2D eigenvalue weighted by molar-refractivity contribution is -0.141. The normalized spacial score (nSPS) is 27.1. The summed E-state index contributed by atoms with van der Waals surface area (Å²) < 4.78 is 0. The molecule has 3 atom stereocenters. The number of aliphatic carboxylic acids is 1. The van der Waals surface area contributed by atoms with Gasteiger partial charge >= 0.3 is 12.0 Å². The van der Waals surface area contributed by atoms with Gasteiger partial charge in [-0.15, -0.1) is 0 Å². The Hall–Kier alpha value is -1.30. The predicted molar refractivity (Wildman–Crippen MR) is 75.6 cm³/mol. The van der Waals surface area contributed by atoms with Gasteiger partial charge < -0.3 is 15.7 Å². The van der Waals surface area contributed by atoms with E-state index in [4.69, 9.17) is 5.11 Å². The van der Waals surface area contributed by atoms with Gasteiger partial charge in [0, 0.05) is 25.2 Å². The summed E-state index contributed by atoms with van der Waals surface area (Å²) in [6.07, 6.45) is 4.74. The van der Waals surface area contributed by atoms with Gasteiger partial charge in [0.05, 0.1) is 5.92 Å². The molecular formula is C14H25N3O3. The number of carboxylic acids is 1. The highest BCUT2D eigenvalue weighted by Crippen LogP contribution is 2.27. The van der Waals surface area contributed by atoms with Crippen LogP contribution in [0.3, 0.4) is 0 Å². The molecule has 3 N–H and O–H groups in total. The number of nitrogens with zero attached hydrogens (tertiary/aromatic N) is 1. The third-order valence-corrected chi connectivity index (χ3v) is 4.44. The van der Waals surface area contributed by atoms with Crippen LogP contribution >= 0.6 is 0 Å². The van der Waals surface area contributed by atoms with Gasteiger partial charge in [0.1, 0.15) is 0 Å². The first-order valence-corrected chi connectivity index (χ1v) is 7.59. The minimum absolute atomic E-state index is 0.119. The van der Waals surface area contributed by atoms with Crippen LogP contribution in [0.5, 0.6) is 0 Å². The van der Waals surface area contributed by atoms with Crippen LogP contribution in [-0.4, -0.2) is 53.7 Å². The van der Waals surface area contributed by atoms with E-state index in [1.807, 2.05) is 0 Å². The summed E-state index contributed by atoms with van der Waals surface area (Å²) in [5, 5.41) is 14.6. The molecule has 20 heavy (non-hydrogen) atoms. The van der Waals surface area contributed by atoms with Crippen LogP contribution < -0.4 is 10.6 Å². The minimum Gasteiger partial charge on any atom is -0.481 e. The summed E-state index contributed by atoms with van der Waals surface area (Å²) in [6.45, 7) is 4.48. The third kappa shape index (κ3) is 3.85. The molecule has 0 bridgehead atoms. The van der Waals surface area contributed by atoms with Crippen molar-refractivity contribution in [1.82, 2.24) is 15.5 Å². The number of hydrogen-bond donors (Lipinski definition) is 3. The highest BCUT2D eigenvalue weighted by molar-refractivity contribution is 5.74. The SMILES string of the molecule is CC(CCCNC(=O)NC1CCN2CCCC12)C(=O)O. The number of nitrogens with one attached hydrogen (secondary N) is 2. The van der Waals surface area contributed by atoms with Crippen LogP contribution in [0.4, 0.5) is 4.79 Å². The molecule has 2 amide bonds. The van der Waals surface area contributed by atoms with Crippen LogP contribution in [0.25, 0.3) is 0 Å². The molecule has 0 aromatic carbocycles. The third-order valence-electron chi connectivity index (χ3n) is 4.44. The Bertz CT molecular complexity index is 362. The number of fused-ring (bicyclic) bond motifs is 1. The fraction of sp³-hybridized carbons (Fsp3) is 0.857. The van der Waals surface area contributed by atoms with Crippen molar-refractivity contribution in [2.24, 2.45) is 5.92 Å². The second-order valence-electron chi connectivity index (χ2n) is 5.92. The first-order chi connectivity index (χ1) is 9.58. The van der Waals surface area contributed by atoms with Gasteiger partial charge in [0.15, 0.2) is 0 Å². The van der Waals surface area contributed by atoms with Crippen molar-refractivity contribution in [2.45, 2.75) is 51.1 Å². The highest BCUT2D eigenvalue weighted by atomic mass is 16.4. The molecule has 6 nitrogen and oxygen atoms in total. The van der Waals surface area contributed by atoms with E-state index in [2.05, 4.69) is 15.5 Å². The van der Waals surface area contributed by atoms with Gasteiger partial charge in [-0.2, -0.15) is 0 Å². The number of carbonyl (C=O) groups is 2. The maximum absolute atomic E-state index is 11.8. The molecule has 0 aromatic heterocycles. The standard InChI is InChI=1S/C14H25N3O3/c1-10(13(18)19)4-2-7-15-14(20)16-11-6-9-17-8-3-5-12(11)17/h10-12H,2-9H2,1H3,(H,18,19)(H2,15,16,20). The van der Waals surface area contributed by atoms with Gasteiger partial charge in [-0.1, -0.05) is 6.92 Å².